The number of fused-ring (bicyclic) bond motifs is 1. The summed E-state index contributed by atoms with van der Waals surface area (Å²) >= 11 is 6.70. The second-order valence-electron chi connectivity index (χ2n) is 6.61. The average Bonchev–Trinajstić information content (AvgIpc) is 2.76. The van der Waals surface area contributed by atoms with Crippen LogP contribution >= 0.6 is 31.9 Å². The fourth-order valence-corrected chi connectivity index (χ4v) is 4.97. The van der Waals surface area contributed by atoms with Crippen molar-refractivity contribution in [1.82, 2.24) is 4.98 Å². The van der Waals surface area contributed by atoms with E-state index in [4.69, 9.17) is 0 Å². The molecule has 1 amide bonds. The molecule has 0 spiro atoms. The predicted octanol–water partition coefficient (Wildman–Crippen LogP) is 5.81. The van der Waals surface area contributed by atoms with Gasteiger partial charge in [-0.3, -0.25) is 14.5 Å². The highest BCUT2D eigenvalue weighted by Gasteiger charge is 2.21. The molecule has 4 aromatic rings. The first-order valence-electron chi connectivity index (χ1n) is 9.05. The third kappa shape index (κ3) is 4.79. The summed E-state index contributed by atoms with van der Waals surface area (Å²) in [6.07, 6.45) is 3.11. The number of nitrogens with zero attached hydrogens (tertiary/aromatic N) is 1. The number of hydrogen-bond donors (Lipinski definition) is 2. The molecule has 0 saturated heterocycles. The number of hydrogen-bond acceptors (Lipinski definition) is 4. The standard InChI is InChI=1S/C22H15Br2N3O3S/c23-15-4-7-17(8-5-15)26-22(28)18-12-16(24)6-9-20(18)27-31(29,30)21-3-1-2-14-10-11-25-13-19(14)21/h1-13,27H,(H,26,28). The van der Waals surface area contributed by atoms with Gasteiger partial charge < -0.3 is 5.32 Å². The van der Waals surface area contributed by atoms with Crippen molar-refractivity contribution < 1.29 is 13.2 Å². The van der Waals surface area contributed by atoms with Crippen molar-refractivity contribution in [3.05, 3.63) is 93.6 Å². The number of amides is 1. The number of carbonyl (C=O) groups is 1. The highest BCUT2D eigenvalue weighted by Crippen LogP contribution is 2.28. The number of carbonyl (C=O) groups excluding carboxylic acids is 1. The molecule has 1 heterocycles. The Morgan fingerprint density at radius 2 is 1.65 bits per heavy atom. The summed E-state index contributed by atoms with van der Waals surface area (Å²) in [4.78, 5) is 17.0. The van der Waals surface area contributed by atoms with Crippen LogP contribution in [-0.4, -0.2) is 19.3 Å². The van der Waals surface area contributed by atoms with Crippen LogP contribution in [0.3, 0.4) is 0 Å². The van der Waals surface area contributed by atoms with Crippen LogP contribution in [0, 0.1) is 0 Å². The minimum atomic E-state index is -3.98. The predicted molar refractivity (Wildman–Crippen MR) is 129 cm³/mol. The second kappa shape index (κ2) is 8.78. The largest absolute Gasteiger partial charge is 0.322 e. The first kappa shape index (κ1) is 21.5. The number of aromatic nitrogens is 1. The number of anilines is 2. The third-order valence-corrected chi connectivity index (χ3v) is 6.95. The second-order valence-corrected chi connectivity index (χ2v) is 10.1. The van der Waals surface area contributed by atoms with E-state index in [1.165, 1.54) is 12.3 Å². The molecule has 0 bridgehead atoms. The molecular formula is C22H15Br2N3O3S. The van der Waals surface area contributed by atoms with Gasteiger partial charge in [0.05, 0.1) is 16.1 Å². The summed E-state index contributed by atoms with van der Waals surface area (Å²) in [5.74, 6) is -0.444. The zero-order valence-electron chi connectivity index (χ0n) is 15.8. The van der Waals surface area contributed by atoms with E-state index in [9.17, 15) is 13.2 Å². The highest BCUT2D eigenvalue weighted by molar-refractivity contribution is 9.10. The van der Waals surface area contributed by atoms with Crippen LogP contribution in [0.5, 0.6) is 0 Å². The van der Waals surface area contributed by atoms with Crippen LogP contribution in [0.2, 0.25) is 0 Å². The molecule has 1 aromatic heterocycles. The number of rotatable bonds is 5. The van der Waals surface area contributed by atoms with Gasteiger partial charge in [-0.05, 0) is 60.0 Å². The van der Waals surface area contributed by atoms with Gasteiger partial charge >= 0.3 is 0 Å². The van der Waals surface area contributed by atoms with E-state index in [2.05, 4.69) is 46.9 Å². The van der Waals surface area contributed by atoms with Crippen LogP contribution in [0.1, 0.15) is 10.4 Å². The van der Waals surface area contributed by atoms with Crippen LogP contribution in [-0.2, 0) is 10.0 Å². The summed E-state index contributed by atoms with van der Waals surface area (Å²) in [6, 6.07) is 18.6. The Morgan fingerprint density at radius 3 is 2.42 bits per heavy atom. The molecule has 0 atom stereocenters. The first-order valence-corrected chi connectivity index (χ1v) is 12.1. The number of pyridine rings is 1. The maximum absolute atomic E-state index is 13.2. The Kier molecular flexibility index (Phi) is 6.08. The summed E-state index contributed by atoms with van der Waals surface area (Å²) < 4.78 is 30.4. The van der Waals surface area contributed by atoms with Crippen molar-refractivity contribution in [1.29, 1.82) is 0 Å². The van der Waals surface area contributed by atoms with Crippen molar-refractivity contribution in [3.8, 4) is 0 Å². The smallest absolute Gasteiger partial charge is 0.262 e. The maximum Gasteiger partial charge on any atom is 0.262 e. The molecule has 3 aromatic carbocycles. The van der Waals surface area contributed by atoms with Crippen molar-refractivity contribution in [2.75, 3.05) is 10.0 Å². The molecule has 31 heavy (non-hydrogen) atoms. The minimum Gasteiger partial charge on any atom is -0.322 e. The Bertz CT molecular complexity index is 1390. The molecule has 0 saturated carbocycles. The lowest BCUT2D eigenvalue weighted by atomic mass is 10.1. The number of nitrogens with one attached hydrogen (secondary N) is 2. The molecule has 4 rings (SSSR count). The first-order chi connectivity index (χ1) is 14.8. The SMILES string of the molecule is O=C(Nc1ccc(Br)cc1)c1cc(Br)ccc1NS(=O)(=O)c1cccc2ccncc12. The normalized spacial score (nSPS) is 11.3. The van der Waals surface area contributed by atoms with E-state index < -0.39 is 15.9 Å². The van der Waals surface area contributed by atoms with E-state index in [0.717, 1.165) is 9.86 Å². The van der Waals surface area contributed by atoms with Gasteiger partial charge in [-0.1, -0.05) is 44.0 Å². The molecular weight excluding hydrogens is 546 g/mol. The van der Waals surface area contributed by atoms with Gasteiger partial charge in [0.25, 0.3) is 15.9 Å². The van der Waals surface area contributed by atoms with Crippen LogP contribution in [0.25, 0.3) is 10.8 Å². The van der Waals surface area contributed by atoms with Gasteiger partial charge in [0.2, 0.25) is 0 Å². The van der Waals surface area contributed by atoms with Crippen molar-refractivity contribution in [2.45, 2.75) is 4.90 Å². The minimum absolute atomic E-state index is 0.0836. The van der Waals surface area contributed by atoms with E-state index in [0.29, 0.717) is 15.5 Å². The lowest BCUT2D eigenvalue weighted by Crippen LogP contribution is -2.19. The van der Waals surface area contributed by atoms with Crippen molar-refractivity contribution in [2.24, 2.45) is 0 Å². The lowest BCUT2D eigenvalue weighted by molar-refractivity contribution is 0.102. The zero-order valence-corrected chi connectivity index (χ0v) is 19.8. The summed E-state index contributed by atoms with van der Waals surface area (Å²) in [7, 11) is -3.98. The van der Waals surface area contributed by atoms with Crippen LogP contribution < -0.4 is 10.0 Å². The molecule has 156 valence electrons. The van der Waals surface area contributed by atoms with Crippen molar-refractivity contribution >= 4 is 69.9 Å². The third-order valence-electron chi connectivity index (χ3n) is 4.51. The zero-order chi connectivity index (χ0) is 22.0. The van der Waals surface area contributed by atoms with Gasteiger partial charge in [-0.2, -0.15) is 0 Å². The quantitative estimate of drug-likeness (QED) is 0.322. The van der Waals surface area contributed by atoms with Crippen LogP contribution in [0.15, 0.2) is 93.0 Å². The Hall–Kier alpha value is -2.75. The van der Waals surface area contributed by atoms with E-state index in [-0.39, 0.29) is 16.1 Å². The van der Waals surface area contributed by atoms with E-state index >= 15 is 0 Å². The molecule has 0 aliphatic rings. The van der Waals surface area contributed by atoms with E-state index in [1.54, 1.807) is 60.8 Å². The number of benzene rings is 3. The number of halogens is 2. The van der Waals surface area contributed by atoms with Crippen molar-refractivity contribution in [3.63, 3.8) is 0 Å². The fraction of sp³-hybridized carbons (Fsp3) is 0. The van der Waals surface area contributed by atoms with Gasteiger partial charge in [-0.25, -0.2) is 8.42 Å². The molecule has 6 nitrogen and oxygen atoms in total. The van der Waals surface area contributed by atoms with Gasteiger partial charge in [0, 0.05) is 32.4 Å². The molecule has 0 unspecified atom stereocenters. The van der Waals surface area contributed by atoms with Gasteiger partial charge in [0.15, 0.2) is 0 Å². The van der Waals surface area contributed by atoms with Gasteiger partial charge in [-0.15, -0.1) is 0 Å². The maximum atomic E-state index is 13.2. The Morgan fingerprint density at radius 1 is 0.903 bits per heavy atom. The summed E-state index contributed by atoms with van der Waals surface area (Å²) in [5, 5.41) is 4.03. The fourth-order valence-electron chi connectivity index (χ4n) is 3.04. The molecule has 2 N–H and O–H groups in total. The molecule has 9 heteroatoms. The summed E-state index contributed by atoms with van der Waals surface area (Å²) in [6.45, 7) is 0. The lowest BCUT2D eigenvalue weighted by Gasteiger charge is -2.14. The number of sulfonamides is 1. The molecule has 0 radical (unpaired) electrons. The topological polar surface area (TPSA) is 88.2 Å². The molecule has 0 aliphatic heterocycles. The summed E-state index contributed by atoms with van der Waals surface area (Å²) in [5.41, 5.74) is 0.931. The Labute approximate surface area is 196 Å². The Balaban J connectivity index is 1.70. The van der Waals surface area contributed by atoms with Gasteiger partial charge in [0.1, 0.15) is 0 Å². The van der Waals surface area contributed by atoms with E-state index in [1.807, 2.05) is 6.07 Å². The molecule has 0 fully saturated rings. The molecule has 0 aliphatic carbocycles. The average molecular weight is 561 g/mol. The highest BCUT2D eigenvalue weighted by atomic mass is 79.9. The van der Waals surface area contributed by atoms with Crippen LogP contribution in [0.4, 0.5) is 11.4 Å². The monoisotopic (exact) mass is 559 g/mol.